The summed E-state index contributed by atoms with van der Waals surface area (Å²) in [5.41, 5.74) is 6.22. The van der Waals surface area contributed by atoms with E-state index >= 15 is 0 Å². The molecule has 1 aliphatic rings. The summed E-state index contributed by atoms with van der Waals surface area (Å²) in [6, 6.07) is 8.06. The quantitative estimate of drug-likeness (QED) is 0.870. The van der Waals surface area contributed by atoms with Crippen LogP contribution in [0.3, 0.4) is 0 Å². The SMILES string of the molecule is CCON1C(c2ccnc(NC)n2)=C(c2ccc(F)cc2)NN1C. The number of benzene rings is 1. The van der Waals surface area contributed by atoms with Gasteiger partial charge in [-0.2, -0.15) is 5.17 Å². The Labute approximate surface area is 139 Å². The van der Waals surface area contributed by atoms with Crippen molar-refractivity contribution in [2.75, 3.05) is 26.0 Å². The van der Waals surface area contributed by atoms with E-state index in [1.165, 1.54) is 12.1 Å². The smallest absolute Gasteiger partial charge is 0.222 e. The molecule has 0 bridgehead atoms. The third-order valence-electron chi connectivity index (χ3n) is 3.48. The summed E-state index contributed by atoms with van der Waals surface area (Å²) in [5, 5.41) is 6.26. The molecule has 2 aromatic rings. The first-order valence-corrected chi connectivity index (χ1v) is 7.58. The van der Waals surface area contributed by atoms with Crippen LogP contribution in [-0.4, -0.2) is 41.0 Å². The molecule has 0 saturated carbocycles. The van der Waals surface area contributed by atoms with E-state index in [0.29, 0.717) is 18.2 Å². The van der Waals surface area contributed by atoms with E-state index in [0.717, 1.165) is 17.0 Å². The minimum absolute atomic E-state index is 0.284. The van der Waals surface area contributed by atoms with Gasteiger partial charge in [0.15, 0.2) is 0 Å². The molecule has 7 nitrogen and oxygen atoms in total. The van der Waals surface area contributed by atoms with Gasteiger partial charge in [0.1, 0.15) is 11.5 Å². The molecule has 24 heavy (non-hydrogen) atoms. The molecule has 0 amide bonds. The van der Waals surface area contributed by atoms with Crippen LogP contribution >= 0.6 is 0 Å². The number of nitrogens with one attached hydrogen (secondary N) is 2. The van der Waals surface area contributed by atoms with Crippen LogP contribution in [0.15, 0.2) is 36.5 Å². The molecule has 0 aliphatic carbocycles. The first kappa shape index (κ1) is 16.2. The average molecular weight is 330 g/mol. The van der Waals surface area contributed by atoms with Crippen molar-refractivity contribution in [1.29, 1.82) is 0 Å². The Bertz CT molecular complexity index is 748. The Balaban J connectivity index is 2.13. The van der Waals surface area contributed by atoms with Crippen LogP contribution in [0.5, 0.6) is 0 Å². The van der Waals surface area contributed by atoms with Gasteiger partial charge >= 0.3 is 0 Å². The topological polar surface area (TPSA) is 65.5 Å². The lowest BCUT2D eigenvalue weighted by Crippen LogP contribution is -2.39. The van der Waals surface area contributed by atoms with E-state index in [1.54, 1.807) is 41.7 Å². The van der Waals surface area contributed by atoms with Gasteiger partial charge in [0.05, 0.1) is 18.0 Å². The summed E-state index contributed by atoms with van der Waals surface area (Å²) in [6.45, 7) is 2.39. The third-order valence-corrected chi connectivity index (χ3v) is 3.48. The van der Waals surface area contributed by atoms with Gasteiger partial charge in [-0.05, 0) is 37.3 Å². The molecule has 0 radical (unpaired) electrons. The predicted octanol–water partition coefficient (Wildman–Crippen LogP) is 2.10. The number of hydrazine groups is 2. The van der Waals surface area contributed by atoms with E-state index in [-0.39, 0.29) is 5.82 Å². The molecule has 2 heterocycles. The standard InChI is InChI=1S/C16H19FN6O/c1-4-24-23-15(13-9-10-19-16(18-2)20-13)14(21-22(23)3)11-5-7-12(17)8-6-11/h5-10,21H,4H2,1-3H3,(H,18,19,20). The van der Waals surface area contributed by atoms with Gasteiger partial charge in [-0.25, -0.2) is 14.4 Å². The molecule has 0 unspecified atom stereocenters. The zero-order valence-electron chi connectivity index (χ0n) is 13.7. The summed E-state index contributed by atoms with van der Waals surface area (Å²) >= 11 is 0. The van der Waals surface area contributed by atoms with Gasteiger partial charge in [0, 0.05) is 25.9 Å². The van der Waals surface area contributed by atoms with Crippen LogP contribution in [-0.2, 0) is 4.84 Å². The number of halogens is 1. The van der Waals surface area contributed by atoms with Crippen molar-refractivity contribution in [2.45, 2.75) is 6.92 Å². The fraction of sp³-hybridized carbons (Fsp3) is 0.250. The van der Waals surface area contributed by atoms with Gasteiger partial charge in [-0.3, -0.25) is 10.3 Å². The van der Waals surface area contributed by atoms with Crippen molar-refractivity contribution in [3.8, 4) is 0 Å². The van der Waals surface area contributed by atoms with Crippen molar-refractivity contribution in [2.24, 2.45) is 0 Å². The Morgan fingerprint density at radius 1 is 1.25 bits per heavy atom. The van der Waals surface area contributed by atoms with Crippen molar-refractivity contribution < 1.29 is 9.23 Å². The molecule has 1 aliphatic heterocycles. The number of anilines is 1. The first-order valence-electron chi connectivity index (χ1n) is 7.58. The normalized spacial score (nSPS) is 14.9. The zero-order chi connectivity index (χ0) is 17.1. The van der Waals surface area contributed by atoms with Crippen molar-refractivity contribution >= 4 is 17.3 Å². The molecule has 8 heteroatoms. The van der Waals surface area contributed by atoms with E-state index in [4.69, 9.17) is 4.84 Å². The first-order chi connectivity index (χ1) is 11.6. The van der Waals surface area contributed by atoms with Gasteiger partial charge in [0.25, 0.3) is 0 Å². The van der Waals surface area contributed by atoms with Crippen molar-refractivity contribution in [1.82, 2.24) is 25.7 Å². The highest BCUT2D eigenvalue weighted by atomic mass is 19.1. The Kier molecular flexibility index (Phi) is 4.59. The number of aromatic nitrogens is 2. The van der Waals surface area contributed by atoms with Crippen molar-refractivity contribution in [3.63, 3.8) is 0 Å². The van der Waals surface area contributed by atoms with Gasteiger partial charge in [0.2, 0.25) is 5.95 Å². The molecule has 1 aromatic carbocycles. The molecule has 0 atom stereocenters. The molecular weight excluding hydrogens is 311 g/mol. The highest BCUT2D eigenvalue weighted by Gasteiger charge is 2.31. The van der Waals surface area contributed by atoms with Gasteiger partial charge < -0.3 is 5.32 Å². The summed E-state index contributed by atoms with van der Waals surface area (Å²) in [5.74, 6) is 0.220. The second-order valence-corrected chi connectivity index (χ2v) is 5.07. The third kappa shape index (κ3) is 3.01. The van der Waals surface area contributed by atoms with Crippen LogP contribution in [0.2, 0.25) is 0 Å². The lowest BCUT2D eigenvalue weighted by atomic mass is 10.1. The van der Waals surface area contributed by atoms with Crippen LogP contribution in [0.25, 0.3) is 11.4 Å². The fourth-order valence-corrected chi connectivity index (χ4v) is 2.43. The molecule has 0 spiro atoms. The van der Waals surface area contributed by atoms with E-state index in [9.17, 15) is 4.39 Å². The van der Waals surface area contributed by atoms with Crippen LogP contribution in [0, 0.1) is 5.82 Å². The Morgan fingerprint density at radius 2 is 2.00 bits per heavy atom. The number of hydrogen-bond donors (Lipinski definition) is 2. The monoisotopic (exact) mass is 330 g/mol. The zero-order valence-corrected chi connectivity index (χ0v) is 13.7. The summed E-state index contributed by atoms with van der Waals surface area (Å²) in [4.78, 5) is 14.3. The maximum Gasteiger partial charge on any atom is 0.222 e. The maximum atomic E-state index is 13.3. The number of nitrogens with zero attached hydrogens (tertiary/aromatic N) is 4. The molecule has 0 saturated heterocycles. The number of hydrogen-bond acceptors (Lipinski definition) is 7. The minimum atomic E-state index is -0.284. The lowest BCUT2D eigenvalue weighted by Gasteiger charge is -2.25. The minimum Gasteiger partial charge on any atom is -0.357 e. The fourth-order valence-electron chi connectivity index (χ4n) is 2.43. The highest BCUT2D eigenvalue weighted by molar-refractivity contribution is 5.88. The predicted molar refractivity (Wildman–Crippen MR) is 89.2 cm³/mol. The van der Waals surface area contributed by atoms with Gasteiger partial charge in [-0.1, -0.05) is 0 Å². The molecular formula is C16H19FN6O. The Hall–Kier alpha value is -2.71. The molecule has 2 N–H and O–H groups in total. The van der Waals surface area contributed by atoms with E-state index in [2.05, 4.69) is 20.7 Å². The molecule has 0 fully saturated rings. The van der Waals surface area contributed by atoms with Gasteiger partial charge in [-0.15, -0.1) is 5.12 Å². The van der Waals surface area contributed by atoms with Crippen LogP contribution in [0.4, 0.5) is 10.3 Å². The molecule has 1 aromatic heterocycles. The summed E-state index contributed by atoms with van der Waals surface area (Å²) in [7, 11) is 3.58. The second-order valence-electron chi connectivity index (χ2n) is 5.07. The molecule has 3 rings (SSSR count). The van der Waals surface area contributed by atoms with Crippen LogP contribution in [0.1, 0.15) is 18.2 Å². The maximum absolute atomic E-state index is 13.3. The van der Waals surface area contributed by atoms with E-state index in [1.807, 2.05) is 14.0 Å². The summed E-state index contributed by atoms with van der Waals surface area (Å²) in [6.07, 6.45) is 1.67. The largest absolute Gasteiger partial charge is 0.357 e. The summed E-state index contributed by atoms with van der Waals surface area (Å²) < 4.78 is 13.3. The van der Waals surface area contributed by atoms with Crippen molar-refractivity contribution in [3.05, 3.63) is 53.6 Å². The van der Waals surface area contributed by atoms with E-state index < -0.39 is 0 Å². The lowest BCUT2D eigenvalue weighted by molar-refractivity contribution is -0.231. The molecule has 126 valence electrons. The van der Waals surface area contributed by atoms with Crippen LogP contribution < -0.4 is 10.7 Å². The highest BCUT2D eigenvalue weighted by Crippen LogP contribution is 2.32. The number of hydroxylamine groups is 1. The average Bonchev–Trinajstić information content (AvgIpc) is 2.93. The number of rotatable bonds is 5. The Morgan fingerprint density at radius 3 is 2.67 bits per heavy atom. The second kappa shape index (κ2) is 6.81.